The summed E-state index contributed by atoms with van der Waals surface area (Å²) in [6.45, 7) is 0. The summed E-state index contributed by atoms with van der Waals surface area (Å²) in [5.41, 5.74) is 1.78. The monoisotopic (exact) mass is 307 g/mol. The van der Waals surface area contributed by atoms with Crippen LogP contribution in [0.1, 0.15) is 41.6 Å². The van der Waals surface area contributed by atoms with E-state index in [1.54, 1.807) is 17.8 Å². The molecule has 4 nitrogen and oxygen atoms in total. The molecule has 2 atom stereocenters. The standard InChI is InChI=1S/C16H21NO3S/c1-21-10-11-4-2-5-12(8-11)15(18)17-14-7-3-6-13(9-14)16(19)20/h2,4-5,8,13-14H,3,6-7,9-10H2,1H3,(H,17,18)(H,19,20). The van der Waals surface area contributed by atoms with Crippen molar-refractivity contribution in [2.45, 2.75) is 37.5 Å². The molecular formula is C16H21NO3S. The average Bonchev–Trinajstić information content (AvgIpc) is 2.48. The normalized spacial score (nSPS) is 21.8. The van der Waals surface area contributed by atoms with E-state index < -0.39 is 5.97 Å². The quantitative estimate of drug-likeness (QED) is 0.878. The lowest BCUT2D eigenvalue weighted by Gasteiger charge is -2.27. The van der Waals surface area contributed by atoms with Crippen LogP contribution in [0.5, 0.6) is 0 Å². The lowest BCUT2D eigenvalue weighted by atomic mass is 9.85. The van der Waals surface area contributed by atoms with Gasteiger partial charge in [-0.1, -0.05) is 18.6 Å². The van der Waals surface area contributed by atoms with Gasteiger partial charge in [-0.15, -0.1) is 0 Å². The van der Waals surface area contributed by atoms with Gasteiger partial charge in [0.25, 0.3) is 5.91 Å². The first-order valence-corrected chi connectivity index (χ1v) is 8.61. The second kappa shape index (κ2) is 7.50. The Bertz CT molecular complexity index is 518. The minimum atomic E-state index is -0.754. The highest BCUT2D eigenvalue weighted by Crippen LogP contribution is 2.24. The Balaban J connectivity index is 1.97. The number of hydrogen-bond acceptors (Lipinski definition) is 3. The van der Waals surface area contributed by atoms with E-state index >= 15 is 0 Å². The number of carbonyl (C=O) groups is 2. The number of rotatable bonds is 5. The van der Waals surface area contributed by atoms with Crippen molar-refractivity contribution in [3.63, 3.8) is 0 Å². The summed E-state index contributed by atoms with van der Waals surface area (Å²) in [4.78, 5) is 23.3. The van der Waals surface area contributed by atoms with Crippen LogP contribution in [0.2, 0.25) is 0 Å². The van der Waals surface area contributed by atoms with Gasteiger partial charge in [-0.3, -0.25) is 9.59 Å². The summed E-state index contributed by atoms with van der Waals surface area (Å²) in [5, 5.41) is 12.1. The Morgan fingerprint density at radius 3 is 2.90 bits per heavy atom. The third kappa shape index (κ3) is 4.49. The van der Waals surface area contributed by atoms with E-state index in [0.29, 0.717) is 18.4 Å². The van der Waals surface area contributed by atoms with Gasteiger partial charge in [0.1, 0.15) is 0 Å². The summed E-state index contributed by atoms with van der Waals surface area (Å²) in [6, 6.07) is 7.58. The van der Waals surface area contributed by atoms with E-state index in [4.69, 9.17) is 5.11 Å². The Labute approximate surface area is 129 Å². The molecule has 2 N–H and O–H groups in total. The van der Waals surface area contributed by atoms with Crippen molar-refractivity contribution in [2.24, 2.45) is 5.92 Å². The van der Waals surface area contributed by atoms with E-state index in [0.717, 1.165) is 24.2 Å². The number of carboxylic acid groups (broad SMARTS) is 1. The first-order valence-electron chi connectivity index (χ1n) is 7.21. The second-order valence-electron chi connectivity index (χ2n) is 5.51. The summed E-state index contributed by atoms with van der Waals surface area (Å²) in [6.07, 6.45) is 4.99. The lowest BCUT2D eigenvalue weighted by Crippen LogP contribution is -2.39. The highest BCUT2D eigenvalue weighted by Gasteiger charge is 2.27. The van der Waals surface area contributed by atoms with Crippen LogP contribution in [-0.4, -0.2) is 29.3 Å². The molecule has 1 saturated carbocycles. The third-order valence-electron chi connectivity index (χ3n) is 3.86. The largest absolute Gasteiger partial charge is 0.481 e. The van der Waals surface area contributed by atoms with Crippen LogP contribution in [0.4, 0.5) is 0 Å². The number of aliphatic carboxylic acids is 1. The Morgan fingerprint density at radius 2 is 2.19 bits per heavy atom. The average molecular weight is 307 g/mol. The zero-order chi connectivity index (χ0) is 15.2. The van der Waals surface area contributed by atoms with Crippen LogP contribution in [-0.2, 0) is 10.5 Å². The molecule has 0 spiro atoms. The van der Waals surface area contributed by atoms with Gasteiger partial charge >= 0.3 is 5.97 Å². The second-order valence-corrected chi connectivity index (χ2v) is 6.37. The number of nitrogens with one attached hydrogen (secondary N) is 1. The fourth-order valence-electron chi connectivity index (χ4n) is 2.78. The molecule has 1 aromatic carbocycles. The predicted octanol–water partition coefficient (Wildman–Crippen LogP) is 2.92. The fraction of sp³-hybridized carbons (Fsp3) is 0.500. The Hall–Kier alpha value is -1.49. The van der Waals surface area contributed by atoms with Crippen LogP contribution in [0.25, 0.3) is 0 Å². The zero-order valence-corrected chi connectivity index (χ0v) is 13.0. The molecule has 0 aromatic heterocycles. The topological polar surface area (TPSA) is 66.4 Å². The smallest absolute Gasteiger partial charge is 0.306 e. The SMILES string of the molecule is CSCc1cccc(C(=O)NC2CCCC(C(=O)O)C2)c1. The molecule has 1 aliphatic carbocycles. The van der Waals surface area contributed by atoms with Crippen molar-refractivity contribution in [2.75, 3.05) is 6.26 Å². The molecule has 0 radical (unpaired) electrons. The highest BCUT2D eigenvalue weighted by atomic mass is 32.2. The zero-order valence-electron chi connectivity index (χ0n) is 12.2. The maximum Gasteiger partial charge on any atom is 0.306 e. The van der Waals surface area contributed by atoms with Gasteiger partial charge in [0, 0.05) is 17.4 Å². The molecule has 21 heavy (non-hydrogen) atoms. The minimum Gasteiger partial charge on any atom is -0.481 e. The number of carboxylic acids is 1. The molecule has 0 aliphatic heterocycles. The first kappa shape index (κ1) is 15.9. The fourth-order valence-corrected chi connectivity index (χ4v) is 3.30. The molecule has 2 unspecified atom stereocenters. The van der Waals surface area contributed by atoms with Crippen molar-refractivity contribution in [1.29, 1.82) is 0 Å². The van der Waals surface area contributed by atoms with Crippen LogP contribution >= 0.6 is 11.8 Å². The lowest BCUT2D eigenvalue weighted by molar-refractivity contribution is -0.143. The number of carbonyl (C=O) groups excluding carboxylic acids is 1. The van der Waals surface area contributed by atoms with Crippen LogP contribution in [0.15, 0.2) is 24.3 Å². The number of thioether (sulfide) groups is 1. The van der Waals surface area contributed by atoms with Gasteiger partial charge in [0.2, 0.25) is 0 Å². The molecule has 1 fully saturated rings. The molecule has 2 rings (SSSR count). The molecular weight excluding hydrogens is 286 g/mol. The molecule has 114 valence electrons. The van der Waals surface area contributed by atoms with Crippen LogP contribution in [0, 0.1) is 5.92 Å². The van der Waals surface area contributed by atoms with Crippen molar-refractivity contribution in [3.8, 4) is 0 Å². The molecule has 0 saturated heterocycles. The summed E-state index contributed by atoms with van der Waals surface area (Å²) < 4.78 is 0. The Kier molecular flexibility index (Phi) is 5.67. The molecule has 1 amide bonds. The van der Waals surface area contributed by atoms with Crippen LogP contribution in [0.3, 0.4) is 0 Å². The number of amides is 1. The molecule has 1 aliphatic rings. The number of benzene rings is 1. The van der Waals surface area contributed by atoms with Crippen molar-refractivity contribution in [3.05, 3.63) is 35.4 Å². The van der Waals surface area contributed by atoms with Gasteiger partial charge in [0.15, 0.2) is 0 Å². The predicted molar refractivity (Wildman–Crippen MR) is 84.5 cm³/mol. The minimum absolute atomic E-state index is 0.0310. The molecule has 5 heteroatoms. The van der Waals surface area contributed by atoms with E-state index in [1.165, 1.54) is 0 Å². The number of hydrogen-bond donors (Lipinski definition) is 2. The Morgan fingerprint density at radius 1 is 1.38 bits per heavy atom. The van der Waals surface area contributed by atoms with Gasteiger partial charge in [-0.25, -0.2) is 0 Å². The maximum atomic E-state index is 12.3. The van der Waals surface area contributed by atoms with Crippen molar-refractivity contribution in [1.82, 2.24) is 5.32 Å². The van der Waals surface area contributed by atoms with Gasteiger partial charge < -0.3 is 10.4 Å². The van der Waals surface area contributed by atoms with E-state index in [-0.39, 0.29) is 17.9 Å². The molecule has 0 bridgehead atoms. The third-order valence-corrected chi connectivity index (χ3v) is 4.48. The molecule has 1 aromatic rings. The maximum absolute atomic E-state index is 12.3. The van der Waals surface area contributed by atoms with Gasteiger partial charge in [-0.2, -0.15) is 11.8 Å². The highest BCUT2D eigenvalue weighted by molar-refractivity contribution is 7.97. The first-order chi connectivity index (χ1) is 10.1. The van der Waals surface area contributed by atoms with Crippen molar-refractivity contribution < 1.29 is 14.7 Å². The van der Waals surface area contributed by atoms with E-state index in [1.807, 2.05) is 24.5 Å². The summed E-state index contributed by atoms with van der Waals surface area (Å²) in [5.74, 6) is -0.303. The molecule has 0 heterocycles. The summed E-state index contributed by atoms with van der Waals surface area (Å²) in [7, 11) is 0. The van der Waals surface area contributed by atoms with Gasteiger partial charge in [0.05, 0.1) is 5.92 Å². The summed E-state index contributed by atoms with van der Waals surface area (Å²) >= 11 is 1.72. The van der Waals surface area contributed by atoms with Gasteiger partial charge in [-0.05, 0) is 43.2 Å². The van der Waals surface area contributed by atoms with Crippen molar-refractivity contribution >= 4 is 23.6 Å². The van der Waals surface area contributed by atoms with E-state index in [9.17, 15) is 9.59 Å². The van der Waals surface area contributed by atoms with E-state index in [2.05, 4.69) is 5.32 Å². The van der Waals surface area contributed by atoms with Crippen LogP contribution < -0.4 is 5.32 Å².